The van der Waals surface area contributed by atoms with Crippen LogP contribution in [0.25, 0.3) is 21.3 Å². The topological polar surface area (TPSA) is 3.88 Å². The maximum Gasteiger partial charge on any atom is 0.235 e. The Morgan fingerprint density at radius 3 is 2.50 bits per heavy atom. The molecule has 1 nitrogen and oxygen atoms in total. The number of alkyl halides is 1. The fraction of sp³-hybridized carbons (Fsp3) is 0.278. The molecule has 22 heavy (non-hydrogen) atoms. The van der Waals surface area contributed by atoms with Gasteiger partial charge in [0.1, 0.15) is 11.2 Å². The molecule has 3 rings (SSSR count). The predicted octanol–water partition coefficient (Wildman–Crippen LogP) is 2.38. The molecule has 116 valence electrons. The molecule has 0 spiro atoms. The van der Waals surface area contributed by atoms with Gasteiger partial charge in [-0.05, 0) is 28.0 Å². The summed E-state index contributed by atoms with van der Waals surface area (Å²) in [5.74, 6) is 0. The lowest BCUT2D eigenvalue weighted by Gasteiger charge is -2.01. The van der Waals surface area contributed by atoms with Crippen molar-refractivity contribution in [3.8, 4) is 11.1 Å². The maximum absolute atomic E-state index is 2.48. The second-order valence-corrected chi connectivity index (χ2v) is 7.53. The zero-order valence-corrected chi connectivity index (χ0v) is 17.7. The van der Waals surface area contributed by atoms with E-state index in [-0.39, 0.29) is 24.0 Å². The molecule has 1 aromatic heterocycles. The van der Waals surface area contributed by atoms with Crippen LogP contribution in [0.15, 0.2) is 48.5 Å². The molecule has 1 heterocycles. The highest BCUT2D eigenvalue weighted by atomic mass is 127. The fourth-order valence-electron chi connectivity index (χ4n) is 2.65. The van der Waals surface area contributed by atoms with Gasteiger partial charge >= 0.3 is 0 Å². The molecule has 0 aliphatic rings. The van der Waals surface area contributed by atoms with E-state index in [9.17, 15) is 0 Å². The number of halogens is 2. The Kier molecular flexibility index (Phi) is 7.08. The first-order valence-electron chi connectivity index (χ1n) is 7.34. The van der Waals surface area contributed by atoms with Crippen molar-refractivity contribution in [3.05, 3.63) is 53.5 Å². The zero-order valence-electron chi connectivity index (χ0n) is 12.6. The van der Waals surface area contributed by atoms with Crippen LogP contribution >= 0.6 is 33.9 Å². The molecule has 0 unspecified atom stereocenters. The Balaban J connectivity index is 0.00000176. The molecule has 2 aromatic carbocycles. The van der Waals surface area contributed by atoms with Crippen LogP contribution in [0.2, 0.25) is 0 Å². The van der Waals surface area contributed by atoms with Gasteiger partial charge in [-0.25, -0.2) is 0 Å². The fourth-order valence-corrected chi connectivity index (χ4v) is 4.22. The number of unbranched alkanes of at least 4 members (excludes halogenated alkanes) is 1. The number of hydrogen-bond acceptors (Lipinski definition) is 1. The molecule has 0 aliphatic carbocycles. The Morgan fingerprint density at radius 2 is 1.77 bits per heavy atom. The number of hydrogen-bond donors (Lipinski definition) is 0. The van der Waals surface area contributed by atoms with Crippen LogP contribution in [0.4, 0.5) is 0 Å². The van der Waals surface area contributed by atoms with Gasteiger partial charge in [-0.1, -0.05) is 70.3 Å². The number of nitrogens with zero attached hydrogens (tertiary/aromatic N) is 1. The second-order valence-electron chi connectivity index (χ2n) is 5.22. The van der Waals surface area contributed by atoms with Crippen LogP contribution in [0.1, 0.15) is 17.8 Å². The monoisotopic (exact) mass is 535 g/mol. The zero-order chi connectivity index (χ0) is 14.7. The quantitative estimate of drug-likeness (QED) is 0.205. The van der Waals surface area contributed by atoms with E-state index in [4.69, 9.17) is 0 Å². The number of benzene rings is 2. The highest BCUT2D eigenvalue weighted by molar-refractivity contribution is 14.1. The van der Waals surface area contributed by atoms with Gasteiger partial charge in [0, 0.05) is 19.4 Å². The highest BCUT2D eigenvalue weighted by Gasteiger charge is 2.17. The number of thiazole rings is 1. The molecule has 3 aromatic rings. The van der Waals surface area contributed by atoms with Crippen LogP contribution in [0.3, 0.4) is 0 Å². The van der Waals surface area contributed by atoms with Crippen molar-refractivity contribution in [2.75, 3.05) is 4.43 Å². The lowest BCUT2D eigenvalue weighted by molar-refractivity contribution is -0.673. The number of aromatic nitrogens is 1. The molecule has 0 radical (unpaired) electrons. The van der Waals surface area contributed by atoms with Gasteiger partial charge in [0.2, 0.25) is 10.5 Å². The molecule has 0 saturated heterocycles. The van der Waals surface area contributed by atoms with Crippen LogP contribution in [0.5, 0.6) is 0 Å². The SMILES string of the molecule is Cc1sc2ccc(-c3ccccc3)cc2[n+]1CCCCI.[I-]. The van der Waals surface area contributed by atoms with Gasteiger partial charge in [-0.15, -0.1) is 0 Å². The average molecular weight is 535 g/mol. The molecule has 0 N–H and O–H groups in total. The molecule has 0 aliphatic heterocycles. The van der Waals surface area contributed by atoms with Crippen molar-refractivity contribution in [3.63, 3.8) is 0 Å². The van der Waals surface area contributed by atoms with Crippen molar-refractivity contribution in [1.82, 2.24) is 0 Å². The summed E-state index contributed by atoms with van der Waals surface area (Å²) >= 11 is 4.36. The van der Waals surface area contributed by atoms with Crippen molar-refractivity contribution in [1.29, 1.82) is 0 Å². The molecule has 4 heteroatoms. The van der Waals surface area contributed by atoms with Crippen LogP contribution in [-0.2, 0) is 6.54 Å². The van der Waals surface area contributed by atoms with Gasteiger partial charge in [0.25, 0.3) is 0 Å². The maximum atomic E-state index is 2.48. The third-order valence-electron chi connectivity index (χ3n) is 3.76. The minimum Gasteiger partial charge on any atom is -1.00 e. The van der Waals surface area contributed by atoms with Crippen LogP contribution in [-0.4, -0.2) is 4.43 Å². The average Bonchev–Trinajstić information content (AvgIpc) is 2.84. The van der Waals surface area contributed by atoms with E-state index >= 15 is 0 Å². The molecule has 0 amide bonds. The van der Waals surface area contributed by atoms with E-state index in [1.165, 1.54) is 43.6 Å². The van der Waals surface area contributed by atoms with Gasteiger partial charge < -0.3 is 24.0 Å². The summed E-state index contributed by atoms with van der Waals surface area (Å²) in [6.45, 7) is 3.37. The number of fused-ring (bicyclic) bond motifs is 1. The second kappa shape index (κ2) is 8.59. The summed E-state index contributed by atoms with van der Waals surface area (Å²) in [5.41, 5.74) is 3.98. The van der Waals surface area contributed by atoms with Gasteiger partial charge in [-0.2, -0.15) is 4.57 Å². The molecule has 0 fully saturated rings. The van der Waals surface area contributed by atoms with E-state index in [0.29, 0.717) is 0 Å². The normalized spacial score (nSPS) is 10.6. The van der Waals surface area contributed by atoms with Gasteiger partial charge in [0.15, 0.2) is 0 Å². The molecule has 0 atom stereocenters. The predicted molar refractivity (Wildman–Crippen MR) is 100 cm³/mol. The summed E-state index contributed by atoms with van der Waals surface area (Å²) in [4.78, 5) is 0. The Labute approximate surface area is 166 Å². The van der Waals surface area contributed by atoms with Gasteiger partial charge in [0.05, 0.1) is 0 Å². The summed E-state index contributed by atoms with van der Waals surface area (Å²) in [6, 6.07) is 17.5. The van der Waals surface area contributed by atoms with Crippen LogP contribution in [0, 0.1) is 6.92 Å². The molecule has 0 saturated carbocycles. The van der Waals surface area contributed by atoms with Crippen molar-refractivity contribution in [2.24, 2.45) is 0 Å². The van der Waals surface area contributed by atoms with Crippen LogP contribution < -0.4 is 28.5 Å². The first-order valence-corrected chi connectivity index (χ1v) is 9.68. The third-order valence-corrected chi connectivity index (χ3v) is 5.60. The van der Waals surface area contributed by atoms with Crippen molar-refractivity contribution in [2.45, 2.75) is 26.3 Å². The molecular formula is C18H19I2NS. The van der Waals surface area contributed by atoms with Crippen molar-refractivity contribution >= 4 is 44.1 Å². The number of rotatable bonds is 5. The summed E-state index contributed by atoms with van der Waals surface area (Å²) < 4.78 is 5.12. The summed E-state index contributed by atoms with van der Waals surface area (Å²) in [6.07, 6.45) is 2.55. The first-order chi connectivity index (χ1) is 10.3. The number of aryl methyl sites for hydroxylation is 2. The first kappa shape index (κ1) is 18.1. The van der Waals surface area contributed by atoms with Crippen molar-refractivity contribution < 1.29 is 28.5 Å². The van der Waals surface area contributed by atoms with E-state index < -0.39 is 0 Å². The standard InChI is InChI=1S/C18H19INS.HI/c1-14-20(12-6-5-11-19)17-13-16(9-10-18(17)21-14)15-7-3-2-4-8-15;/h2-4,7-10,13H,5-6,11-12H2,1H3;1H/q+1;/p-1. The Bertz CT molecular complexity index is 737. The Hall–Kier alpha value is -0.210. The summed E-state index contributed by atoms with van der Waals surface area (Å²) in [7, 11) is 0. The smallest absolute Gasteiger partial charge is 0.235 e. The Morgan fingerprint density at radius 1 is 1.00 bits per heavy atom. The summed E-state index contributed by atoms with van der Waals surface area (Å²) in [5, 5.41) is 1.41. The highest BCUT2D eigenvalue weighted by Crippen LogP contribution is 2.26. The van der Waals surface area contributed by atoms with E-state index in [1.54, 1.807) is 0 Å². The largest absolute Gasteiger partial charge is 1.00 e. The minimum absolute atomic E-state index is 0. The van der Waals surface area contributed by atoms with Gasteiger partial charge in [-0.3, -0.25) is 0 Å². The molecular weight excluding hydrogens is 516 g/mol. The molecule has 0 bridgehead atoms. The van der Waals surface area contributed by atoms with E-state index in [2.05, 4.69) is 82.6 Å². The lowest BCUT2D eigenvalue weighted by atomic mass is 10.1. The lowest BCUT2D eigenvalue weighted by Crippen LogP contribution is -3.00. The van der Waals surface area contributed by atoms with E-state index in [1.807, 2.05) is 11.3 Å². The van der Waals surface area contributed by atoms with E-state index in [0.717, 1.165) is 6.54 Å². The third kappa shape index (κ3) is 4.00. The minimum atomic E-state index is 0.